The number of ether oxygens (including phenoxy) is 1. The summed E-state index contributed by atoms with van der Waals surface area (Å²) in [6, 6.07) is 9.25. The molecule has 1 atom stereocenters. The van der Waals surface area contributed by atoms with Gasteiger partial charge in [0.15, 0.2) is 10.8 Å². The van der Waals surface area contributed by atoms with Gasteiger partial charge in [0.2, 0.25) is 5.88 Å². The zero-order valence-electron chi connectivity index (χ0n) is 27.0. The lowest BCUT2D eigenvalue weighted by molar-refractivity contribution is -0.190. The number of aromatic nitrogens is 4. The summed E-state index contributed by atoms with van der Waals surface area (Å²) in [6.07, 6.45) is 2.11. The van der Waals surface area contributed by atoms with Crippen molar-refractivity contribution < 1.29 is 31.1 Å². The molecule has 1 saturated carbocycles. The molecule has 2 aliphatic heterocycles. The molecule has 3 aromatic rings. The van der Waals surface area contributed by atoms with Crippen LogP contribution in [0.5, 0.6) is 5.88 Å². The first-order valence-electron chi connectivity index (χ1n) is 16.3. The number of hydrogen-bond acceptors (Lipinski definition) is 10. The molecule has 0 radical (unpaired) electrons. The number of pyridine rings is 2. The fraction of sp³-hybridized carbons (Fsp3) is 0.562. The smallest absolute Gasteiger partial charge is 0.394 e. The number of nitrogens with zero attached hydrogens (tertiary/aromatic N) is 5. The quantitative estimate of drug-likeness (QED) is 0.341. The van der Waals surface area contributed by atoms with Gasteiger partial charge < -0.3 is 20.3 Å². The van der Waals surface area contributed by atoms with Crippen molar-refractivity contribution in [2.45, 2.75) is 88.0 Å². The topological polar surface area (TPSA) is 143 Å². The summed E-state index contributed by atoms with van der Waals surface area (Å²) >= 11 is 0. The minimum Gasteiger partial charge on any atom is -0.477 e. The zero-order chi connectivity index (χ0) is 34.2. The van der Waals surface area contributed by atoms with Crippen LogP contribution >= 0.6 is 0 Å². The minimum atomic E-state index is -4.34. The van der Waals surface area contributed by atoms with Crippen LogP contribution in [0.15, 0.2) is 47.6 Å². The van der Waals surface area contributed by atoms with Gasteiger partial charge in [-0.25, -0.2) is 19.4 Å². The highest BCUT2D eigenvalue weighted by Gasteiger charge is 2.62. The monoisotopic (exact) mass is 690 g/mol. The van der Waals surface area contributed by atoms with Crippen LogP contribution in [0.2, 0.25) is 0 Å². The number of carbonyl (C=O) groups excluding carboxylic acids is 1. The van der Waals surface area contributed by atoms with Crippen LogP contribution < -0.4 is 25.0 Å². The van der Waals surface area contributed by atoms with Crippen molar-refractivity contribution in [2.24, 2.45) is 5.41 Å². The first kappa shape index (κ1) is 34.0. The molecule has 48 heavy (non-hydrogen) atoms. The summed E-state index contributed by atoms with van der Waals surface area (Å²) in [5.41, 5.74) is -2.07. The average molecular weight is 691 g/mol. The van der Waals surface area contributed by atoms with Gasteiger partial charge in [-0.3, -0.25) is 4.79 Å². The first-order valence-corrected chi connectivity index (χ1v) is 17.8. The van der Waals surface area contributed by atoms with Gasteiger partial charge in [0.05, 0.1) is 17.6 Å². The number of carbonyl (C=O) groups is 1. The van der Waals surface area contributed by atoms with Gasteiger partial charge in [-0.1, -0.05) is 18.9 Å². The van der Waals surface area contributed by atoms with E-state index in [9.17, 15) is 26.4 Å². The van der Waals surface area contributed by atoms with E-state index in [-0.39, 0.29) is 54.2 Å². The van der Waals surface area contributed by atoms with E-state index in [0.717, 1.165) is 38.6 Å². The fourth-order valence-electron chi connectivity index (χ4n) is 6.41. The number of hydrogen-bond donors (Lipinski definition) is 3. The zero-order valence-corrected chi connectivity index (χ0v) is 27.8. The van der Waals surface area contributed by atoms with Crippen LogP contribution in [0.4, 0.5) is 24.8 Å². The molecule has 5 heterocycles. The van der Waals surface area contributed by atoms with Gasteiger partial charge in [0.25, 0.3) is 15.9 Å². The Hall–Kier alpha value is -3.92. The lowest BCUT2D eigenvalue weighted by atomic mass is 9.99. The van der Waals surface area contributed by atoms with Gasteiger partial charge in [0.1, 0.15) is 11.6 Å². The number of halogens is 3. The predicted octanol–water partition coefficient (Wildman–Crippen LogP) is 4.83. The molecular weight excluding hydrogens is 649 g/mol. The van der Waals surface area contributed by atoms with Gasteiger partial charge in [0, 0.05) is 36.9 Å². The molecule has 260 valence electrons. The Kier molecular flexibility index (Phi) is 9.32. The molecular formula is C32H41F3N8O4S. The molecule has 16 heteroatoms. The highest BCUT2D eigenvalue weighted by molar-refractivity contribution is 7.90. The number of alkyl halides is 3. The normalized spacial score (nSPS) is 22.3. The highest BCUT2D eigenvalue weighted by Crippen LogP contribution is 2.59. The molecule has 0 aromatic carbocycles. The van der Waals surface area contributed by atoms with Crippen molar-refractivity contribution >= 4 is 27.6 Å². The predicted molar refractivity (Wildman–Crippen MR) is 173 cm³/mol. The Morgan fingerprint density at radius 2 is 1.79 bits per heavy atom. The summed E-state index contributed by atoms with van der Waals surface area (Å²) in [6.45, 7) is 5.97. The number of anilines is 2. The molecule has 2 fully saturated rings. The summed E-state index contributed by atoms with van der Waals surface area (Å²) < 4.78 is 75.8. The number of fused-ring (bicyclic) bond motifs is 6. The molecule has 4 bridgehead atoms. The standard InChI is InChI=1S/C32H41F3N8O4S/c1-30(2)20-22-21-42(30)28-23(10-11-25(39-28)43-18-12-26(40-43)47-19-15-31(13-14-31)32(33,34)35)29(44)41-48(45,46)27-9-7-8-24(38-27)37-17-6-4-3-5-16-36-22/h7-12,18,22,36H,3-6,13-17,19-21H2,1-2H3,(H,37,38)(H,41,44). The molecule has 1 unspecified atom stereocenters. The molecule has 3 aromatic heterocycles. The van der Waals surface area contributed by atoms with Crippen LogP contribution in [-0.2, 0) is 10.0 Å². The van der Waals surface area contributed by atoms with E-state index >= 15 is 0 Å². The molecule has 6 rings (SSSR count). The van der Waals surface area contributed by atoms with Gasteiger partial charge in [-0.05, 0) is 83.2 Å². The number of rotatable bonds is 5. The van der Waals surface area contributed by atoms with Gasteiger partial charge in [-0.2, -0.15) is 21.6 Å². The summed E-state index contributed by atoms with van der Waals surface area (Å²) in [7, 11) is -4.34. The Balaban J connectivity index is 1.29. The molecule has 1 saturated heterocycles. The number of amides is 1. The molecule has 3 N–H and O–H groups in total. The van der Waals surface area contributed by atoms with Crippen LogP contribution in [0.25, 0.3) is 5.82 Å². The Morgan fingerprint density at radius 3 is 2.54 bits per heavy atom. The van der Waals surface area contributed by atoms with E-state index in [4.69, 9.17) is 9.72 Å². The van der Waals surface area contributed by atoms with Gasteiger partial charge in [-0.15, -0.1) is 5.10 Å². The van der Waals surface area contributed by atoms with Crippen LogP contribution in [0.1, 0.15) is 75.6 Å². The van der Waals surface area contributed by atoms with Gasteiger partial charge >= 0.3 is 6.18 Å². The second kappa shape index (κ2) is 13.2. The van der Waals surface area contributed by atoms with Crippen LogP contribution in [-0.4, -0.2) is 78.1 Å². The van der Waals surface area contributed by atoms with E-state index in [0.29, 0.717) is 24.7 Å². The van der Waals surface area contributed by atoms with Crippen molar-refractivity contribution in [2.75, 3.05) is 36.5 Å². The summed E-state index contributed by atoms with van der Waals surface area (Å²) in [5, 5.41) is 10.9. The Morgan fingerprint density at radius 1 is 1.02 bits per heavy atom. The van der Waals surface area contributed by atoms with E-state index in [1.54, 1.807) is 18.3 Å². The minimum absolute atomic E-state index is 0.0498. The number of nitrogens with one attached hydrogen (secondary N) is 3. The summed E-state index contributed by atoms with van der Waals surface area (Å²) in [5.74, 6) is 0.270. The Labute approximate surface area is 277 Å². The molecule has 1 amide bonds. The highest BCUT2D eigenvalue weighted by atomic mass is 32.2. The van der Waals surface area contributed by atoms with Crippen molar-refractivity contribution in [1.82, 2.24) is 29.8 Å². The third kappa shape index (κ3) is 7.38. The van der Waals surface area contributed by atoms with E-state index < -0.39 is 33.1 Å². The maximum Gasteiger partial charge on any atom is 0.394 e. The third-order valence-electron chi connectivity index (χ3n) is 9.39. The van der Waals surface area contributed by atoms with Crippen molar-refractivity contribution in [3.05, 3.63) is 48.2 Å². The third-order valence-corrected chi connectivity index (χ3v) is 10.6. The molecule has 12 nitrogen and oxygen atoms in total. The van der Waals surface area contributed by atoms with E-state index in [1.165, 1.54) is 28.9 Å². The average Bonchev–Trinajstić information content (AvgIpc) is 3.58. The van der Waals surface area contributed by atoms with Crippen molar-refractivity contribution in [3.8, 4) is 11.7 Å². The Bertz CT molecular complexity index is 1740. The number of sulfonamides is 1. The lowest BCUT2D eigenvalue weighted by Gasteiger charge is -2.33. The van der Waals surface area contributed by atoms with E-state index in [2.05, 4.69) is 25.4 Å². The summed E-state index contributed by atoms with van der Waals surface area (Å²) in [4.78, 5) is 24.8. The van der Waals surface area contributed by atoms with Crippen molar-refractivity contribution in [1.29, 1.82) is 0 Å². The molecule has 1 aliphatic carbocycles. The lowest BCUT2D eigenvalue weighted by Crippen LogP contribution is -2.41. The van der Waals surface area contributed by atoms with Crippen LogP contribution in [0, 0.1) is 5.41 Å². The van der Waals surface area contributed by atoms with Crippen LogP contribution in [0.3, 0.4) is 0 Å². The van der Waals surface area contributed by atoms with E-state index in [1.807, 2.05) is 18.7 Å². The maximum absolute atomic E-state index is 13.7. The maximum atomic E-state index is 13.7. The molecule has 3 aliphatic rings. The van der Waals surface area contributed by atoms with Crippen molar-refractivity contribution in [3.63, 3.8) is 0 Å². The second-order valence-corrected chi connectivity index (χ2v) is 15.1. The fourth-order valence-corrected chi connectivity index (χ4v) is 7.35. The largest absolute Gasteiger partial charge is 0.477 e. The molecule has 0 spiro atoms. The SMILES string of the molecule is CC1(C)CC2CN1c1nc(-n3ccc(OCCC4(C(F)(F)F)CC4)n3)ccc1C(=O)NS(=O)(=O)c1cccc(n1)NCCCCCCN2. The second-order valence-electron chi connectivity index (χ2n) is 13.4. The first-order chi connectivity index (χ1) is 22.8.